The molecular weight excluding hydrogens is 224 g/mol. The largest absolute Gasteiger partial charge is 0.463 e. The molecule has 94 valence electrons. The maximum absolute atomic E-state index is 11.0. The number of carbonyl (C=O) groups is 3. The molecule has 0 saturated carbocycles. The molecule has 0 unspecified atom stereocenters. The second kappa shape index (κ2) is 8.27. The average Bonchev–Trinajstić information content (AvgIpc) is 2.26. The minimum Gasteiger partial charge on any atom is -0.463 e. The molecular formula is C12H16O5. The Morgan fingerprint density at radius 2 is 1.76 bits per heavy atom. The summed E-state index contributed by atoms with van der Waals surface area (Å²) in [6.07, 6.45) is 3.43. The summed E-state index contributed by atoms with van der Waals surface area (Å²) in [5.41, 5.74) is 0.109. The lowest BCUT2D eigenvalue weighted by Crippen LogP contribution is -2.11. The number of ether oxygens (including phenoxy) is 2. The second-order valence-corrected chi connectivity index (χ2v) is 3.34. The van der Waals surface area contributed by atoms with Gasteiger partial charge in [0.1, 0.15) is 0 Å². The van der Waals surface area contributed by atoms with Crippen molar-refractivity contribution in [1.29, 1.82) is 0 Å². The molecule has 0 aliphatic rings. The van der Waals surface area contributed by atoms with Crippen molar-refractivity contribution in [3.63, 3.8) is 0 Å². The first-order chi connectivity index (χ1) is 7.97. The smallest absolute Gasteiger partial charge is 0.340 e. The Morgan fingerprint density at radius 1 is 1.18 bits per heavy atom. The lowest BCUT2D eigenvalue weighted by molar-refractivity contribution is -0.153. The molecule has 5 nitrogen and oxygen atoms in total. The highest BCUT2D eigenvalue weighted by atomic mass is 16.6. The Hall–Kier alpha value is -1.91. The standard InChI is InChI=1S/C12H16O5/c1-4-5-8-16-10(13)6-7-11(14)17-12(15)9(2)3/h6-7H,2,4-5,8H2,1,3H3/b7-6-. The van der Waals surface area contributed by atoms with Crippen molar-refractivity contribution in [2.24, 2.45) is 0 Å². The van der Waals surface area contributed by atoms with Gasteiger partial charge in [0.15, 0.2) is 0 Å². The van der Waals surface area contributed by atoms with Gasteiger partial charge in [-0.25, -0.2) is 14.4 Å². The zero-order valence-corrected chi connectivity index (χ0v) is 10.0. The fourth-order valence-electron chi connectivity index (χ4n) is 0.714. The number of carbonyl (C=O) groups excluding carboxylic acids is 3. The monoisotopic (exact) mass is 240 g/mol. The van der Waals surface area contributed by atoms with Gasteiger partial charge in [0.2, 0.25) is 0 Å². The summed E-state index contributed by atoms with van der Waals surface area (Å²) in [7, 11) is 0. The third-order valence-corrected chi connectivity index (χ3v) is 1.64. The van der Waals surface area contributed by atoms with Gasteiger partial charge in [-0.2, -0.15) is 0 Å². The maximum Gasteiger partial charge on any atom is 0.340 e. The summed E-state index contributed by atoms with van der Waals surface area (Å²) in [6, 6.07) is 0. The number of hydrogen-bond donors (Lipinski definition) is 0. The van der Waals surface area contributed by atoms with E-state index in [1.54, 1.807) is 0 Å². The van der Waals surface area contributed by atoms with Crippen molar-refractivity contribution in [1.82, 2.24) is 0 Å². The van der Waals surface area contributed by atoms with Crippen LogP contribution < -0.4 is 0 Å². The molecule has 0 aromatic carbocycles. The molecule has 0 bridgehead atoms. The van der Waals surface area contributed by atoms with Gasteiger partial charge < -0.3 is 9.47 Å². The first-order valence-electron chi connectivity index (χ1n) is 5.23. The summed E-state index contributed by atoms with van der Waals surface area (Å²) in [5.74, 6) is -2.39. The quantitative estimate of drug-likeness (QED) is 0.305. The molecule has 0 fully saturated rings. The average molecular weight is 240 g/mol. The van der Waals surface area contributed by atoms with Crippen molar-refractivity contribution >= 4 is 17.9 Å². The lowest BCUT2D eigenvalue weighted by Gasteiger charge is -1.99. The fraction of sp³-hybridized carbons (Fsp3) is 0.417. The molecule has 0 heterocycles. The van der Waals surface area contributed by atoms with Gasteiger partial charge in [-0.3, -0.25) is 0 Å². The predicted octanol–water partition coefficient (Wildman–Crippen LogP) is 1.53. The van der Waals surface area contributed by atoms with E-state index in [2.05, 4.69) is 11.3 Å². The normalized spacial score (nSPS) is 10.0. The topological polar surface area (TPSA) is 69.7 Å². The van der Waals surface area contributed by atoms with Crippen molar-refractivity contribution in [3.05, 3.63) is 24.3 Å². The molecule has 17 heavy (non-hydrogen) atoms. The molecule has 0 rings (SSSR count). The summed E-state index contributed by atoms with van der Waals surface area (Å²) in [6.45, 7) is 6.99. The van der Waals surface area contributed by atoms with Crippen LogP contribution in [0.15, 0.2) is 24.3 Å². The highest BCUT2D eigenvalue weighted by Gasteiger charge is 2.08. The lowest BCUT2D eigenvalue weighted by atomic mass is 10.3. The Labute approximate surface area is 100 Å². The van der Waals surface area contributed by atoms with E-state index in [4.69, 9.17) is 4.74 Å². The summed E-state index contributed by atoms with van der Waals surface area (Å²) in [4.78, 5) is 33.0. The van der Waals surface area contributed by atoms with Gasteiger partial charge in [0, 0.05) is 17.7 Å². The van der Waals surface area contributed by atoms with Crippen molar-refractivity contribution in [2.45, 2.75) is 26.7 Å². The van der Waals surface area contributed by atoms with E-state index < -0.39 is 17.9 Å². The first-order valence-corrected chi connectivity index (χ1v) is 5.23. The molecule has 0 atom stereocenters. The number of esters is 3. The van der Waals surface area contributed by atoms with Crippen LogP contribution in [0.5, 0.6) is 0 Å². The number of hydrogen-bond acceptors (Lipinski definition) is 5. The second-order valence-electron chi connectivity index (χ2n) is 3.34. The van der Waals surface area contributed by atoms with Crippen molar-refractivity contribution in [3.8, 4) is 0 Å². The van der Waals surface area contributed by atoms with E-state index in [1.807, 2.05) is 6.92 Å². The van der Waals surface area contributed by atoms with E-state index in [1.165, 1.54) is 6.92 Å². The molecule has 0 aromatic heterocycles. The fourth-order valence-corrected chi connectivity index (χ4v) is 0.714. The zero-order chi connectivity index (χ0) is 13.3. The minimum atomic E-state index is -0.926. The number of unbranched alkanes of at least 4 members (excludes halogenated alkanes) is 1. The molecule has 0 N–H and O–H groups in total. The molecule has 0 spiro atoms. The third-order valence-electron chi connectivity index (χ3n) is 1.64. The highest BCUT2D eigenvalue weighted by Crippen LogP contribution is 1.94. The molecule has 0 radical (unpaired) electrons. The van der Waals surface area contributed by atoms with Crippen LogP contribution in [-0.2, 0) is 23.9 Å². The van der Waals surface area contributed by atoms with Gasteiger partial charge in [0.05, 0.1) is 6.61 Å². The first kappa shape index (κ1) is 15.1. The van der Waals surface area contributed by atoms with Crippen LogP contribution in [0.3, 0.4) is 0 Å². The van der Waals surface area contributed by atoms with Gasteiger partial charge in [-0.15, -0.1) is 0 Å². The van der Waals surface area contributed by atoms with Gasteiger partial charge in [0.25, 0.3) is 0 Å². The van der Waals surface area contributed by atoms with E-state index >= 15 is 0 Å². The molecule has 0 aliphatic heterocycles. The van der Waals surface area contributed by atoms with E-state index in [0.29, 0.717) is 6.61 Å². The Morgan fingerprint density at radius 3 is 2.29 bits per heavy atom. The maximum atomic E-state index is 11.0. The Bertz CT molecular complexity index is 341. The highest BCUT2D eigenvalue weighted by molar-refractivity contribution is 6.00. The molecule has 0 saturated heterocycles. The third kappa shape index (κ3) is 7.96. The van der Waals surface area contributed by atoms with Crippen molar-refractivity contribution < 1.29 is 23.9 Å². The van der Waals surface area contributed by atoms with Gasteiger partial charge in [-0.1, -0.05) is 19.9 Å². The zero-order valence-electron chi connectivity index (χ0n) is 10.0. The van der Waals surface area contributed by atoms with Crippen LogP contribution in [0.2, 0.25) is 0 Å². The Kier molecular flexibility index (Phi) is 7.34. The minimum absolute atomic E-state index is 0.109. The van der Waals surface area contributed by atoms with E-state index in [0.717, 1.165) is 25.0 Å². The number of rotatable bonds is 6. The van der Waals surface area contributed by atoms with E-state index in [9.17, 15) is 14.4 Å². The van der Waals surface area contributed by atoms with Crippen LogP contribution in [0, 0.1) is 0 Å². The molecule has 0 amide bonds. The summed E-state index contributed by atoms with van der Waals surface area (Å²) >= 11 is 0. The summed E-state index contributed by atoms with van der Waals surface area (Å²) < 4.78 is 9.07. The molecule has 5 heteroatoms. The van der Waals surface area contributed by atoms with Crippen LogP contribution in [0.25, 0.3) is 0 Å². The Balaban J connectivity index is 3.98. The van der Waals surface area contributed by atoms with Crippen LogP contribution >= 0.6 is 0 Å². The van der Waals surface area contributed by atoms with Crippen LogP contribution in [0.1, 0.15) is 26.7 Å². The summed E-state index contributed by atoms with van der Waals surface area (Å²) in [5, 5.41) is 0. The molecule has 0 aromatic rings. The van der Waals surface area contributed by atoms with Gasteiger partial charge >= 0.3 is 17.9 Å². The predicted molar refractivity (Wildman–Crippen MR) is 60.9 cm³/mol. The van der Waals surface area contributed by atoms with E-state index in [-0.39, 0.29) is 5.57 Å². The van der Waals surface area contributed by atoms with Gasteiger partial charge in [-0.05, 0) is 13.3 Å². The molecule has 0 aliphatic carbocycles. The van der Waals surface area contributed by atoms with Crippen molar-refractivity contribution in [2.75, 3.05) is 6.61 Å². The SMILES string of the molecule is C=C(C)C(=O)OC(=O)/C=C\C(=O)OCCCC. The van der Waals surface area contributed by atoms with Crippen LogP contribution in [0.4, 0.5) is 0 Å². The van der Waals surface area contributed by atoms with Crippen LogP contribution in [-0.4, -0.2) is 24.5 Å².